The first kappa shape index (κ1) is 36.3. The van der Waals surface area contributed by atoms with E-state index in [0.29, 0.717) is 71.3 Å². The molecule has 0 fully saturated rings. The molecule has 4 heterocycles. The number of fused-ring (bicyclic) bond motifs is 4. The molecule has 3 N–H and O–H groups in total. The molecular weight excluding hydrogens is 714 g/mol. The fraction of sp³-hybridized carbons (Fsp3) is 0.233. The van der Waals surface area contributed by atoms with Crippen LogP contribution in [0.15, 0.2) is 95.2 Å². The third-order valence-electron chi connectivity index (χ3n) is 10.3. The lowest BCUT2D eigenvalue weighted by atomic mass is 10.0. The largest absolute Gasteiger partial charge is 0.493 e. The number of hydrogen-bond donors (Lipinski definition) is 2. The van der Waals surface area contributed by atoms with Gasteiger partial charge < -0.3 is 39.6 Å². The second-order valence-corrected chi connectivity index (χ2v) is 13.7. The molecular formula is C43H39N5O8. The number of benzene rings is 4. The molecule has 284 valence electrons. The van der Waals surface area contributed by atoms with Gasteiger partial charge in [-0.3, -0.25) is 19.6 Å². The number of nitrogens with two attached hydrogens (primary N) is 1. The number of nitrogens with zero attached hydrogens (tertiary/aromatic N) is 4. The second-order valence-electron chi connectivity index (χ2n) is 13.7. The lowest BCUT2D eigenvalue weighted by molar-refractivity contribution is 0.0695. The van der Waals surface area contributed by atoms with E-state index in [4.69, 9.17) is 29.7 Å². The maximum Gasteiger partial charge on any atom is 0.335 e. The molecule has 0 radical (unpaired) electrons. The van der Waals surface area contributed by atoms with Crippen LogP contribution in [-0.4, -0.2) is 84.6 Å². The number of ether oxygens (including phenoxy) is 4. The molecule has 4 aromatic carbocycles. The summed E-state index contributed by atoms with van der Waals surface area (Å²) < 4.78 is 23.5. The van der Waals surface area contributed by atoms with Crippen LogP contribution in [-0.2, 0) is 6.54 Å². The molecule has 0 aliphatic carbocycles. The number of aliphatic imine (C=N–C) groups is 2. The molecule has 1 unspecified atom stereocenters. The predicted octanol–water partition coefficient (Wildman–Crippen LogP) is 6.65. The van der Waals surface area contributed by atoms with Crippen LogP contribution in [0.4, 0.5) is 11.4 Å². The Labute approximate surface area is 323 Å². The van der Waals surface area contributed by atoms with Crippen LogP contribution in [0.3, 0.4) is 0 Å². The average Bonchev–Trinajstić information content (AvgIpc) is 3.80. The predicted molar refractivity (Wildman–Crippen MR) is 211 cm³/mol. The molecule has 4 aliphatic rings. The number of amides is 2. The van der Waals surface area contributed by atoms with Gasteiger partial charge in [0, 0.05) is 62.8 Å². The summed E-state index contributed by atoms with van der Waals surface area (Å²) in [5.74, 6) is 0.318. The highest BCUT2D eigenvalue weighted by Gasteiger charge is 2.35. The Morgan fingerprint density at radius 3 is 1.61 bits per heavy atom. The third kappa shape index (κ3) is 6.88. The molecule has 56 heavy (non-hydrogen) atoms. The average molecular weight is 754 g/mol. The van der Waals surface area contributed by atoms with Crippen molar-refractivity contribution in [1.29, 1.82) is 0 Å². The van der Waals surface area contributed by atoms with E-state index in [-0.39, 0.29) is 42.7 Å². The van der Waals surface area contributed by atoms with Crippen LogP contribution in [0.2, 0.25) is 0 Å². The Bertz CT molecular complexity index is 2350. The van der Waals surface area contributed by atoms with Gasteiger partial charge in [0.1, 0.15) is 0 Å². The van der Waals surface area contributed by atoms with Crippen molar-refractivity contribution in [2.75, 3.05) is 27.4 Å². The fourth-order valence-corrected chi connectivity index (χ4v) is 7.25. The van der Waals surface area contributed by atoms with Crippen molar-refractivity contribution >= 4 is 52.7 Å². The maximum absolute atomic E-state index is 13.7. The summed E-state index contributed by atoms with van der Waals surface area (Å²) in [6.07, 6.45) is 8.93. The minimum Gasteiger partial charge on any atom is -0.493 e. The van der Waals surface area contributed by atoms with Crippen LogP contribution in [0.1, 0.15) is 67.0 Å². The van der Waals surface area contributed by atoms with E-state index in [1.54, 1.807) is 77.0 Å². The lowest BCUT2D eigenvalue weighted by Gasteiger charge is -2.19. The van der Waals surface area contributed by atoms with Gasteiger partial charge in [0.2, 0.25) is 0 Å². The van der Waals surface area contributed by atoms with Gasteiger partial charge in [0.05, 0.1) is 67.6 Å². The normalized spacial score (nSPS) is 17.9. The van der Waals surface area contributed by atoms with E-state index in [0.717, 1.165) is 27.8 Å². The number of carboxylic acid groups (broad SMARTS) is 1. The zero-order valence-electron chi connectivity index (χ0n) is 30.8. The van der Waals surface area contributed by atoms with Crippen molar-refractivity contribution in [1.82, 2.24) is 9.80 Å². The minimum atomic E-state index is -0.994. The lowest BCUT2D eigenvalue weighted by Crippen LogP contribution is -2.32. The van der Waals surface area contributed by atoms with Gasteiger partial charge in [-0.05, 0) is 52.1 Å². The van der Waals surface area contributed by atoms with Gasteiger partial charge in [-0.25, -0.2) is 4.79 Å². The van der Waals surface area contributed by atoms with Gasteiger partial charge in [-0.15, -0.1) is 0 Å². The third-order valence-corrected chi connectivity index (χ3v) is 10.3. The van der Waals surface area contributed by atoms with E-state index in [1.807, 2.05) is 30.5 Å². The standard InChI is InChI=1S/C43H39N5O8/c1-53-37-16-33-35(45-21-31-14-29(23-47(31)41(33)49)26-6-4-25(20-44)5-7-26)18-39(37)55-12-3-13-56-40-19-36-34(17-38(40)54-2)42(50)48-24-30(15-32(48)22-46-36)27-8-10-28(11-9-27)43(51)52/h4-11,16-19,21-24,31-32H,3,12-15,20,44H2,1-2H3,(H,51,52)/t31?,32-/m0/s1. The Morgan fingerprint density at radius 1 is 0.714 bits per heavy atom. The molecule has 13 heteroatoms. The monoisotopic (exact) mass is 753 g/mol. The first-order valence-corrected chi connectivity index (χ1v) is 18.2. The number of methoxy groups -OCH3 is 2. The molecule has 4 aromatic rings. The molecule has 0 saturated heterocycles. The first-order valence-electron chi connectivity index (χ1n) is 18.2. The Balaban J connectivity index is 0.905. The highest BCUT2D eigenvalue weighted by atomic mass is 16.5. The van der Waals surface area contributed by atoms with E-state index in [1.165, 1.54) is 14.2 Å². The molecule has 0 saturated carbocycles. The van der Waals surface area contributed by atoms with Gasteiger partial charge in [-0.1, -0.05) is 36.4 Å². The summed E-state index contributed by atoms with van der Waals surface area (Å²) in [4.78, 5) is 51.5. The minimum absolute atomic E-state index is 0.165. The maximum atomic E-state index is 13.7. The van der Waals surface area contributed by atoms with Crippen LogP contribution in [0, 0.1) is 0 Å². The Kier molecular flexibility index (Phi) is 9.83. The summed E-state index contributed by atoms with van der Waals surface area (Å²) >= 11 is 0. The Morgan fingerprint density at radius 2 is 1.18 bits per heavy atom. The summed E-state index contributed by atoms with van der Waals surface area (Å²) in [5, 5.41) is 9.24. The summed E-state index contributed by atoms with van der Waals surface area (Å²) in [6, 6.07) is 20.9. The van der Waals surface area contributed by atoms with Gasteiger partial charge in [0.25, 0.3) is 11.8 Å². The SMILES string of the molecule is COc1cc2c(cc1OCCCOc1cc3c(cc1OC)C(=O)N1C=C(c4ccc(C(=O)O)cc4)C[C@H]1C=N3)N=CC1CC(c3ccc(CN)cc3)=CN1C2=O. The summed E-state index contributed by atoms with van der Waals surface area (Å²) in [5.41, 5.74) is 12.6. The molecule has 2 atom stereocenters. The smallest absolute Gasteiger partial charge is 0.335 e. The van der Waals surface area contributed by atoms with Crippen LogP contribution < -0.4 is 24.7 Å². The van der Waals surface area contributed by atoms with Crippen LogP contribution in [0.25, 0.3) is 11.1 Å². The van der Waals surface area contributed by atoms with Crippen molar-refractivity contribution in [2.24, 2.45) is 15.7 Å². The number of carbonyl (C=O) groups is 3. The van der Waals surface area contributed by atoms with Crippen molar-refractivity contribution in [3.05, 3.63) is 119 Å². The second kappa shape index (κ2) is 15.2. The first-order chi connectivity index (χ1) is 27.2. The van der Waals surface area contributed by atoms with E-state index >= 15 is 0 Å². The number of hydrogen-bond acceptors (Lipinski definition) is 10. The number of rotatable bonds is 12. The van der Waals surface area contributed by atoms with Crippen LogP contribution >= 0.6 is 0 Å². The van der Waals surface area contributed by atoms with Crippen molar-refractivity contribution in [3.63, 3.8) is 0 Å². The zero-order chi connectivity index (χ0) is 38.9. The highest BCUT2D eigenvalue weighted by molar-refractivity contribution is 6.06. The molecule has 13 nitrogen and oxygen atoms in total. The van der Waals surface area contributed by atoms with E-state index < -0.39 is 5.97 Å². The van der Waals surface area contributed by atoms with Crippen molar-refractivity contribution in [3.8, 4) is 23.0 Å². The number of carbonyl (C=O) groups excluding carboxylic acids is 2. The zero-order valence-corrected chi connectivity index (χ0v) is 30.8. The molecule has 8 rings (SSSR count). The molecule has 4 aliphatic heterocycles. The molecule has 0 bridgehead atoms. The molecule has 0 spiro atoms. The summed E-state index contributed by atoms with van der Waals surface area (Å²) in [7, 11) is 3.04. The van der Waals surface area contributed by atoms with Gasteiger partial charge >= 0.3 is 5.97 Å². The topological polar surface area (TPSA) is 166 Å². The van der Waals surface area contributed by atoms with E-state index in [2.05, 4.69) is 4.99 Å². The Hall–Kier alpha value is -6.73. The number of carboxylic acids is 1. The molecule has 0 aromatic heterocycles. The van der Waals surface area contributed by atoms with E-state index in [9.17, 15) is 19.5 Å². The van der Waals surface area contributed by atoms with Crippen LogP contribution in [0.5, 0.6) is 23.0 Å². The van der Waals surface area contributed by atoms with Gasteiger partial charge in [0.15, 0.2) is 23.0 Å². The number of aromatic carboxylic acids is 1. The van der Waals surface area contributed by atoms with Gasteiger partial charge in [-0.2, -0.15) is 0 Å². The van der Waals surface area contributed by atoms with Crippen molar-refractivity contribution < 1.29 is 38.4 Å². The summed E-state index contributed by atoms with van der Waals surface area (Å²) in [6.45, 7) is 1.03. The quantitative estimate of drug-likeness (QED) is 0.151. The fourth-order valence-electron chi connectivity index (χ4n) is 7.25. The highest BCUT2D eigenvalue weighted by Crippen LogP contribution is 2.42. The van der Waals surface area contributed by atoms with Crippen molar-refractivity contribution in [2.45, 2.75) is 37.9 Å². The molecule has 2 amide bonds.